The molecule has 2 aliphatic rings. The highest BCUT2D eigenvalue weighted by Crippen LogP contribution is 2.29. The Bertz CT molecular complexity index is 1660. The number of nitrogens with zero attached hydrogens (tertiary/aromatic N) is 1. The molecule has 0 bridgehead atoms. The first-order chi connectivity index (χ1) is 26.5. The largest absolute Gasteiger partial charge is 0.444 e. The average Bonchev–Trinajstić information content (AvgIpc) is 3.76. The van der Waals surface area contributed by atoms with Crippen LogP contribution in [0.15, 0.2) is 96.0 Å². The standard InChI is InChI=1S/C40H49N5O10/c1-40(2,3)55-39(49)43-30(35(46)42-31-25-51-34-32(26-52-33(31)34)50-22-27-14-7-4-8-15-27)20-13-21-41-36(44-37(47)53-23-28-16-9-5-10-17-28)45-38(48)54-24-29-18-11-6-12-19-29/h4-12,14-19,30-34H,13,20-26H2,1-3H3,(H,42,46)(H,43,49)(H2,41,44,45,47,48)/t30-,31-,32+,33+,34+/m0/s1. The summed E-state index contributed by atoms with van der Waals surface area (Å²) in [7, 11) is 0. The number of nitrogens with one attached hydrogen (secondary N) is 4. The van der Waals surface area contributed by atoms with Gasteiger partial charge in [-0.3, -0.25) is 20.4 Å². The van der Waals surface area contributed by atoms with Crippen LogP contribution in [0.25, 0.3) is 0 Å². The van der Waals surface area contributed by atoms with Crippen LogP contribution in [0.1, 0.15) is 50.3 Å². The van der Waals surface area contributed by atoms with Gasteiger partial charge >= 0.3 is 18.3 Å². The van der Waals surface area contributed by atoms with E-state index in [-0.39, 0.29) is 57.4 Å². The van der Waals surface area contributed by atoms with Crippen molar-refractivity contribution < 1.29 is 47.6 Å². The van der Waals surface area contributed by atoms with Gasteiger partial charge in [-0.1, -0.05) is 91.0 Å². The quantitative estimate of drug-likeness (QED) is 0.0776. The Morgan fingerprint density at radius 1 is 0.727 bits per heavy atom. The van der Waals surface area contributed by atoms with E-state index >= 15 is 0 Å². The smallest absolute Gasteiger partial charge is 0.414 e. The molecular weight excluding hydrogens is 710 g/mol. The molecular formula is C40H49N5O10. The molecule has 2 heterocycles. The summed E-state index contributed by atoms with van der Waals surface area (Å²) in [6, 6.07) is 26.5. The third-order valence-electron chi connectivity index (χ3n) is 8.44. The van der Waals surface area contributed by atoms with E-state index in [2.05, 4.69) is 26.3 Å². The Morgan fingerprint density at radius 2 is 1.25 bits per heavy atom. The number of hydrogen-bond donors (Lipinski definition) is 4. The maximum absolute atomic E-state index is 13.7. The topological polar surface area (TPSA) is 184 Å². The van der Waals surface area contributed by atoms with Crippen molar-refractivity contribution in [2.75, 3.05) is 19.8 Å². The van der Waals surface area contributed by atoms with Crippen molar-refractivity contribution in [2.24, 2.45) is 4.99 Å². The lowest BCUT2D eigenvalue weighted by Crippen LogP contribution is -2.53. The minimum Gasteiger partial charge on any atom is -0.444 e. The van der Waals surface area contributed by atoms with E-state index in [0.29, 0.717) is 13.2 Å². The normalized spacial score (nSPS) is 19.3. The Kier molecular flexibility index (Phi) is 15.0. The lowest BCUT2D eigenvalue weighted by Gasteiger charge is -2.25. The molecule has 0 radical (unpaired) electrons. The van der Waals surface area contributed by atoms with Gasteiger partial charge in [0.25, 0.3) is 0 Å². The molecule has 2 saturated heterocycles. The number of carbonyl (C=O) groups is 4. The predicted octanol–water partition coefficient (Wildman–Crippen LogP) is 4.74. The van der Waals surface area contributed by atoms with Gasteiger partial charge in [-0.25, -0.2) is 14.4 Å². The highest BCUT2D eigenvalue weighted by molar-refractivity contribution is 6.01. The Labute approximate surface area is 320 Å². The molecule has 5 rings (SSSR count). The minimum absolute atomic E-state index is 0.00835. The summed E-state index contributed by atoms with van der Waals surface area (Å²) < 4.78 is 34.1. The first-order valence-electron chi connectivity index (χ1n) is 18.2. The van der Waals surface area contributed by atoms with Gasteiger partial charge in [-0.2, -0.15) is 0 Å². The Balaban J connectivity index is 1.18. The zero-order valence-electron chi connectivity index (χ0n) is 31.2. The summed E-state index contributed by atoms with van der Waals surface area (Å²) in [4.78, 5) is 56.2. The fraction of sp³-hybridized carbons (Fsp3) is 0.425. The summed E-state index contributed by atoms with van der Waals surface area (Å²) in [5.74, 6) is -0.680. The second-order valence-corrected chi connectivity index (χ2v) is 14.0. The highest BCUT2D eigenvalue weighted by atomic mass is 16.6. The van der Waals surface area contributed by atoms with Crippen molar-refractivity contribution in [3.8, 4) is 0 Å². The SMILES string of the molecule is CC(C)(C)OC(=O)N[C@@H](CCCN=C(NC(=O)OCc1ccccc1)NC(=O)OCc1ccccc1)C(=O)N[C@H]1CO[C@H]2[C@@H]1OC[C@H]2OCc1ccccc1. The summed E-state index contributed by atoms with van der Waals surface area (Å²) in [6.07, 6.45) is -3.19. The molecule has 55 heavy (non-hydrogen) atoms. The van der Waals surface area contributed by atoms with Crippen LogP contribution in [0.2, 0.25) is 0 Å². The van der Waals surface area contributed by atoms with Gasteiger partial charge in [0.15, 0.2) is 0 Å². The molecule has 3 aromatic rings. The van der Waals surface area contributed by atoms with Crippen molar-refractivity contribution in [1.29, 1.82) is 0 Å². The first kappa shape index (κ1) is 40.7. The van der Waals surface area contributed by atoms with Crippen molar-refractivity contribution in [3.63, 3.8) is 0 Å². The molecule has 0 aliphatic carbocycles. The fourth-order valence-corrected chi connectivity index (χ4v) is 5.82. The number of hydrogen-bond acceptors (Lipinski definition) is 11. The van der Waals surface area contributed by atoms with E-state index in [9.17, 15) is 19.2 Å². The number of alkyl carbamates (subject to hydrolysis) is 3. The van der Waals surface area contributed by atoms with Crippen LogP contribution in [0, 0.1) is 0 Å². The van der Waals surface area contributed by atoms with Crippen LogP contribution in [0.5, 0.6) is 0 Å². The third-order valence-corrected chi connectivity index (χ3v) is 8.44. The zero-order chi connectivity index (χ0) is 39.0. The maximum Gasteiger partial charge on any atom is 0.414 e. The van der Waals surface area contributed by atoms with E-state index in [1.54, 1.807) is 45.0 Å². The van der Waals surface area contributed by atoms with Gasteiger partial charge in [-0.05, 0) is 50.3 Å². The van der Waals surface area contributed by atoms with Gasteiger partial charge in [0.1, 0.15) is 43.2 Å². The van der Waals surface area contributed by atoms with Crippen molar-refractivity contribution in [2.45, 2.75) is 89.4 Å². The highest BCUT2D eigenvalue weighted by Gasteiger charge is 2.49. The molecule has 294 valence electrons. The maximum atomic E-state index is 13.7. The molecule has 2 fully saturated rings. The van der Waals surface area contributed by atoms with Crippen LogP contribution < -0.4 is 21.3 Å². The van der Waals surface area contributed by atoms with E-state index < -0.39 is 48.0 Å². The number of amides is 4. The van der Waals surface area contributed by atoms with Gasteiger partial charge in [0.05, 0.1) is 25.9 Å². The average molecular weight is 760 g/mol. The predicted molar refractivity (Wildman–Crippen MR) is 201 cm³/mol. The van der Waals surface area contributed by atoms with Gasteiger partial charge < -0.3 is 39.1 Å². The lowest BCUT2D eigenvalue weighted by molar-refractivity contribution is -0.124. The molecule has 15 nitrogen and oxygen atoms in total. The van der Waals surface area contributed by atoms with Crippen LogP contribution in [-0.2, 0) is 53.0 Å². The Morgan fingerprint density at radius 3 is 1.80 bits per heavy atom. The van der Waals surface area contributed by atoms with Crippen LogP contribution in [0.4, 0.5) is 14.4 Å². The molecule has 4 amide bonds. The van der Waals surface area contributed by atoms with Crippen molar-refractivity contribution in [3.05, 3.63) is 108 Å². The van der Waals surface area contributed by atoms with Crippen molar-refractivity contribution >= 4 is 30.1 Å². The second kappa shape index (κ2) is 20.2. The first-order valence-corrected chi connectivity index (χ1v) is 18.2. The Hall–Kier alpha value is -5.51. The van der Waals surface area contributed by atoms with Crippen LogP contribution in [-0.4, -0.2) is 85.9 Å². The van der Waals surface area contributed by atoms with E-state index in [1.807, 2.05) is 66.7 Å². The molecule has 0 spiro atoms. The number of rotatable bonds is 14. The number of benzene rings is 3. The summed E-state index contributed by atoms with van der Waals surface area (Å²) in [5.41, 5.74) is 1.76. The van der Waals surface area contributed by atoms with Crippen molar-refractivity contribution in [1.82, 2.24) is 21.3 Å². The number of aliphatic imine (C=N–C) groups is 1. The summed E-state index contributed by atoms with van der Waals surface area (Å²) >= 11 is 0. The van der Waals surface area contributed by atoms with Gasteiger partial charge in [0, 0.05) is 6.54 Å². The number of carbonyl (C=O) groups excluding carboxylic acids is 4. The molecule has 0 unspecified atom stereocenters. The monoisotopic (exact) mass is 759 g/mol. The summed E-state index contributed by atoms with van der Waals surface area (Å²) in [6.45, 7) is 6.10. The molecule has 15 heteroatoms. The fourth-order valence-electron chi connectivity index (χ4n) is 5.82. The molecule has 2 aliphatic heterocycles. The molecule has 4 N–H and O–H groups in total. The molecule has 0 saturated carbocycles. The van der Waals surface area contributed by atoms with Gasteiger partial charge in [-0.15, -0.1) is 0 Å². The van der Waals surface area contributed by atoms with Crippen LogP contribution >= 0.6 is 0 Å². The van der Waals surface area contributed by atoms with E-state index in [4.69, 9.17) is 28.4 Å². The molecule has 5 atom stereocenters. The van der Waals surface area contributed by atoms with E-state index in [0.717, 1.165) is 16.7 Å². The second-order valence-electron chi connectivity index (χ2n) is 14.0. The summed E-state index contributed by atoms with van der Waals surface area (Å²) in [5, 5.41) is 10.5. The number of fused-ring (bicyclic) bond motifs is 1. The number of ether oxygens (including phenoxy) is 6. The minimum atomic E-state index is -1.02. The molecule has 0 aromatic heterocycles. The van der Waals surface area contributed by atoms with Crippen LogP contribution in [0.3, 0.4) is 0 Å². The lowest BCUT2D eigenvalue weighted by atomic mass is 10.1. The van der Waals surface area contributed by atoms with E-state index in [1.165, 1.54) is 0 Å². The number of guanidine groups is 1. The zero-order valence-corrected chi connectivity index (χ0v) is 31.2. The molecule has 3 aromatic carbocycles. The third kappa shape index (κ3) is 13.7. The van der Waals surface area contributed by atoms with Gasteiger partial charge in [0.2, 0.25) is 11.9 Å².